The summed E-state index contributed by atoms with van der Waals surface area (Å²) >= 11 is 0. The number of ether oxygens (including phenoxy) is 1. The maximum atomic E-state index is 8.97. The van der Waals surface area contributed by atoms with E-state index in [0.29, 0.717) is 18.2 Å². The largest absolute Gasteiger partial charge is 0.491 e. The van der Waals surface area contributed by atoms with Gasteiger partial charge in [0, 0.05) is 5.92 Å². The summed E-state index contributed by atoms with van der Waals surface area (Å²) in [6.07, 6.45) is 5.27. The number of nitrogens with zero attached hydrogens (tertiary/aromatic N) is 1. The molecule has 20 heavy (non-hydrogen) atoms. The minimum absolute atomic E-state index is 0.0315. The maximum absolute atomic E-state index is 8.97. The van der Waals surface area contributed by atoms with Gasteiger partial charge in [-0.25, -0.2) is 0 Å². The number of rotatable bonds is 4. The Balaban J connectivity index is 1.66. The fourth-order valence-electron chi connectivity index (χ4n) is 2.81. The summed E-state index contributed by atoms with van der Waals surface area (Å²) in [4.78, 5) is 4.13. The molecule has 1 N–H and O–H groups in total. The van der Waals surface area contributed by atoms with Gasteiger partial charge in [0.15, 0.2) is 0 Å². The molecule has 0 spiro atoms. The van der Waals surface area contributed by atoms with E-state index < -0.39 is 0 Å². The highest BCUT2D eigenvalue weighted by Crippen LogP contribution is 2.31. The zero-order valence-corrected chi connectivity index (χ0v) is 11.5. The van der Waals surface area contributed by atoms with Crippen LogP contribution in [0.25, 0.3) is 0 Å². The lowest BCUT2D eigenvalue weighted by atomic mass is 9.83. The van der Waals surface area contributed by atoms with E-state index in [1.807, 2.05) is 6.07 Å². The Labute approximate surface area is 119 Å². The van der Waals surface area contributed by atoms with Crippen molar-refractivity contribution < 1.29 is 9.84 Å². The molecular formula is C17H19NO2. The van der Waals surface area contributed by atoms with E-state index in [2.05, 4.69) is 29.2 Å². The first-order valence-electron chi connectivity index (χ1n) is 7.13. The third kappa shape index (κ3) is 2.83. The highest BCUT2D eigenvalue weighted by Gasteiger charge is 2.20. The van der Waals surface area contributed by atoms with E-state index >= 15 is 0 Å². The lowest BCUT2D eigenvalue weighted by Gasteiger charge is -2.25. The molecule has 0 fully saturated rings. The quantitative estimate of drug-likeness (QED) is 0.927. The fraction of sp³-hybridized carbons (Fsp3) is 0.353. The van der Waals surface area contributed by atoms with Crippen molar-refractivity contribution in [3.05, 3.63) is 59.4 Å². The van der Waals surface area contributed by atoms with Gasteiger partial charge < -0.3 is 9.84 Å². The minimum atomic E-state index is -0.0315. The molecule has 1 unspecified atom stereocenters. The Kier molecular flexibility index (Phi) is 3.97. The van der Waals surface area contributed by atoms with Crippen LogP contribution in [0.4, 0.5) is 0 Å². The van der Waals surface area contributed by atoms with Gasteiger partial charge in [-0.1, -0.05) is 24.3 Å². The molecule has 1 atom stereocenters. The second-order valence-corrected chi connectivity index (χ2v) is 5.24. The molecule has 3 heteroatoms. The van der Waals surface area contributed by atoms with Crippen LogP contribution in [0.1, 0.15) is 35.6 Å². The zero-order chi connectivity index (χ0) is 13.8. The molecule has 3 nitrogen and oxygen atoms in total. The van der Waals surface area contributed by atoms with Crippen molar-refractivity contribution in [2.75, 3.05) is 6.61 Å². The number of aromatic nitrogens is 1. The Bertz CT molecular complexity index is 565. The van der Waals surface area contributed by atoms with Crippen LogP contribution in [0.15, 0.2) is 42.6 Å². The van der Waals surface area contributed by atoms with Gasteiger partial charge in [-0.05, 0) is 42.5 Å². The first-order chi connectivity index (χ1) is 9.86. The van der Waals surface area contributed by atoms with Crippen molar-refractivity contribution in [1.29, 1.82) is 0 Å². The fourth-order valence-corrected chi connectivity index (χ4v) is 2.81. The summed E-state index contributed by atoms with van der Waals surface area (Å²) in [5, 5.41) is 8.97. The van der Waals surface area contributed by atoms with Gasteiger partial charge in [0.1, 0.15) is 5.75 Å². The average molecular weight is 269 g/mol. The second-order valence-electron chi connectivity index (χ2n) is 5.24. The van der Waals surface area contributed by atoms with E-state index in [9.17, 15) is 0 Å². The standard InChI is InChI=1S/C17H19NO2/c19-11-15-8-9-16(10-18-15)20-12-14-6-3-5-13-4-1-2-7-17(13)14/h1-2,4,7-10,14,19H,3,5-6,11-12H2. The van der Waals surface area contributed by atoms with Crippen LogP contribution in [0.5, 0.6) is 5.75 Å². The lowest BCUT2D eigenvalue weighted by molar-refractivity contribution is 0.268. The maximum Gasteiger partial charge on any atom is 0.137 e. The second kappa shape index (κ2) is 6.06. The van der Waals surface area contributed by atoms with Gasteiger partial charge in [0.25, 0.3) is 0 Å². The van der Waals surface area contributed by atoms with E-state index in [4.69, 9.17) is 9.84 Å². The zero-order valence-electron chi connectivity index (χ0n) is 11.5. The summed E-state index contributed by atoms with van der Waals surface area (Å²) in [6.45, 7) is 0.660. The highest BCUT2D eigenvalue weighted by atomic mass is 16.5. The van der Waals surface area contributed by atoms with Gasteiger partial charge in [-0.2, -0.15) is 0 Å². The van der Waals surface area contributed by atoms with Crippen LogP contribution in [-0.4, -0.2) is 16.7 Å². The Morgan fingerprint density at radius 3 is 2.90 bits per heavy atom. The van der Waals surface area contributed by atoms with E-state index in [-0.39, 0.29) is 6.61 Å². The SMILES string of the molecule is OCc1ccc(OCC2CCCc3ccccc32)cn1. The number of pyridine rings is 1. The van der Waals surface area contributed by atoms with Crippen LogP contribution < -0.4 is 4.74 Å². The Morgan fingerprint density at radius 1 is 1.20 bits per heavy atom. The third-order valence-electron chi connectivity index (χ3n) is 3.90. The van der Waals surface area contributed by atoms with Crippen molar-refractivity contribution in [2.45, 2.75) is 31.8 Å². The first-order valence-corrected chi connectivity index (χ1v) is 7.13. The molecule has 0 radical (unpaired) electrons. The summed E-state index contributed by atoms with van der Waals surface area (Å²) < 4.78 is 5.86. The lowest BCUT2D eigenvalue weighted by Crippen LogP contribution is -2.16. The van der Waals surface area contributed by atoms with Crippen LogP contribution in [0, 0.1) is 0 Å². The number of hydrogen-bond acceptors (Lipinski definition) is 3. The van der Waals surface area contributed by atoms with Crippen molar-refractivity contribution in [3.63, 3.8) is 0 Å². The molecule has 1 heterocycles. The minimum Gasteiger partial charge on any atom is -0.491 e. The number of hydrogen-bond donors (Lipinski definition) is 1. The van der Waals surface area contributed by atoms with Crippen LogP contribution in [-0.2, 0) is 13.0 Å². The van der Waals surface area contributed by atoms with E-state index in [1.54, 1.807) is 12.3 Å². The van der Waals surface area contributed by atoms with Gasteiger partial charge in [0.2, 0.25) is 0 Å². The van der Waals surface area contributed by atoms with E-state index in [0.717, 1.165) is 5.75 Å². The number of aliphatic hydroxyl groups excluding tert-OH is 1. The predicted molar refractivity (Wildman–Crippen MR) is 77.8 cm³/mol. The van der Waals surface area contributed by atoms with Gasteiger partial charge >= 0.3 is 0 Å². The van der Waals surface area contributed by atoms with Crippen molar-refractivity contribution >= 4 is 0 Å². The molecule has 1 aliphatic carbocycles. The normalized spacial score (nSPS) is 17.6. The molecule has 1 aliphatic rings. The molecule has 3 rings (SSSR count). The highest BCUT2D eigenvalue weighted by molar-refractivity contribution is 5.33. The molecule has 0 saturated heterocycles. The topological polar surface area (TPSA) is 42.4 Å². The number of aliphatic hydroxyl groups is 1. The number of benzene rings is 1. The van der Waals surface area contributed by atoms with Crippen LogP contribution in [0.3, 0.4) is 0 Å². The summed E-state index contributed by atoms with van der Waals surface area (Å²) in [5.74, 6) is 1.24. The Hall–Kier alpha value is -1.87. The molecule has 1 aromatic heterocycles. The molecule has 0 amide bonds. The van der Waals surface area contributed by atoms with Gasteiger partial charge in [0.05, 0.1) is 25.1 Å². The van der Waals surface area contributed by atoms with Crippen molar-refractivity contribution in [2.24, 2.45) is 0 Å². The van der Waals surface area contributed by atoms with Crippen LogP contribution >= 0.6 is 0 Å². The average Bonchev–Trinajstić information content (AvgIpc) is 2.53. The molecule has 0 saturated carbocycles. The summed E-state index contributed by atoms with van der Waals surface area (Å²) in [7, 11) is 0. The smallest absolute Gasteiger partial charge is 0.137 e. The van der Waals surface area contributed by atoms with Crippen LogP contribution in [0.2, 0.25) is 0 Å². The monoisotopic (exact) mass is 269 g/mol. The number of aryl methyl sites for hydroxylation is 1. The van der Waals surface area contributed by atoms with Crippen molar-refractivity contribution in [1.82, 2.24) is 4.98 Å². The molecule has 1 aromatic carbocycles. The Morgan fingerprint density at radius 2 is 2.10 bits per heavy atom. The predicted octanol–water partition coefficient (Wildman–Crippen LogP) is 3.07. The molecule has 104 valence electrons. The summed E-state index contributed by atoms with van der Waals surface area (Å²) in [5.41, 5.74) is 3.56. The number of fused-ring (bicyclic) bond motifs is 1. The summed E-state index contributed by atoms with van der Waals surface area (Å²) in [6, 6.07) is 12.3. The molecule has 0 aliphatic heterocycles. The first kappa shape index (κ1) is 13.1. The van der Waals surface area contributed by atoms with Gasteiger partial charge in [-0.3, -0.25) is 4.98 Å². The van der Waals surface area contributed by atoms with Gasteiger partial charge in [-0.15, -0.1) is 0 Å². The van der Waals surface area contributed by atoms with Crippen molar-refractivity contribution in [3.8, 4) is 5.75 Å². The molecule has 0 bridgehead atoms. The molecular weight excluding hydrogens is 250 g/mol. The van der Waals surface area contributed by atoms with E-state index in [1.165, 1.54) is 30.4 Å². The molecule has 2 aromatic rings. The third-order valence-corrected chi connectivity index (χ3v) is 3.90.